The van der Waals surface area contributed by atoms with Crippen molar-refractivity contribution in [1.29, 1.82) is 0 Å². The standard InChI is InChI=1S/C22H23BrClN4OP/c1-30(2,29)20-10-6-5-9-19(20)27-21-18(24)13-25-22(28-21)26-15-11-14-7-3-4-8-16(14)17(23)12-15/h5-6,9-13H,3-4,7-8H2,1-2H3,(H2,25,26,27,28). The molecule has 0 unspecified atom stereocenters. The Morgan fingerprint density at radius 1 is 1.10 bits per heavy atom. The van der Waals surface area contributed by atoms with Crippen LogP contribution in [0.3, 0.4) is 0 Å². The quantitative estimate of drug-likeness (QED) is 0.387. The lowest BCUT2D eigenvalue weighted by atomic mass is 9.91. The largest absolute Gasteiger partial charge is 0.338 e. The van der Waals surface area contributed by atoms with Crippen LogP contribution in [0.15, 0.2) is 47.1 Å². The van der Waals surface area contributed by atoms with Gasteiger partial charge in [0.25, 0.3) is 0 Å². The fraction of sp³-hybridized carbons (Fsp3) is 0.273. The van der Waals surface area contributed by atoms with Crippen LogP contribution in [0.5, 0.6) is 0 Å². The van der Waals surface area contributed by atoms with E-state index in [1.807, 2.05) is 24.3 Å². The van der Waals surface area contributed by atoms with Crippen molar-refractivity contribution in [3.8, 4) is 0 Å². The van der Waals surface area contributed by atoms with E-state index in [1.165, 1.54) is 24.0 Å². The first kappa shape index (κ1) is 21.4. The van der Waals surface area contributed by atoms with Gasteiger partial charge in [-0.25, -0.2) is 4.98 Å². The Bertz CT molecular complexity index is 1150. The van der Waals surface area contributed by atoms with E-state index in [9.17, 15) is 4.57 Å². The molecule has 0 amide bonds. The molecule has 2 aromatic carbocycles. The van der Waals surface area contributed by atoms with E-state index in [1.54, 1.807) is 19.5 Å². The second-order valence-electron chi connectivity index (χ2n) is 7.81. The van der Waals surface area contributed by atoms with Crippen molar-refractivity contribution >= 4 is 63.1 Å². The van der Waals surface area contributed by atoms with E-state index in [2.05, 4.69) is 48.7 Å². The number of nitrogens with one attached hydrogen (secondary N) is 2. The highest BCUT2D eigenvalue weighted by atomic mass is 79.9. The SMILES string of the molecule is CP(C)(=O)c1ccccc1Nc1nc(Nc2cc(Br)c3c(c2)CCCC3)ncc1Cl. The smallest absolute Gasteiger partial charge is 0.229 e. The number of nitrogens with zero attached hydrogens (tertiary/aromatic N) is 2. The Hall–Kier alpha value is -1.88. The summed E-state index contributed by atoms with van der Waals surface area (Å²) in [4.78, 5) is 8.88. The van der Waals surface area contributed by atoms with Crippen LogP contribution in [0.25, 0.3) is 0 Å². The number of rotatable bonds is 5. The van der Waals surface area contributed by atoms with Gasteiger partial charge in [-0.15, -0.1) is 0 Å². The molecule has 156 valence electrons. The van der Waals surface area contributed by atoms with Gasteiger partial charge in [-0.3, -0.25) is 0 Å². The molecule has 30 heavy (non-hydrogen) atoms. The number of para-hydroxylation sites is 1. The fourth-order valence-electron chi connectivity index (χ4n) is 3.71. The molecule has 0 saturated carbocycles. The summed E-state index contributed by atoms with van der Waals surface area (Å²) in [5.41, 5.74) is 4.42. The normalized spacial score (nSPS) is 13.6. The molecule has 0 atom stereocenters. The average molecular weight is 506 g/mol. The molecule has 0 fully saturated rings. The van der Waals surface area contributed by atoms with E-state index in [-0.39, 0.29) is 0 Å². The Balaban J connectivity index is 1.62. The second-order valence-corrected chi connectivity index (χ2v) is 12.3. The molecule has 0 radical (unpaired) electrons. The van der Waals surface area contributed by atoms with Gasteiger partial charge >= 0.3 is 0 Å². The lowest BCUT2D eigenvalue weighted by molar-refractivity contribution is 0.588. The Labute approximate surface area is 190 Å². The van der Waals surface area contributed by atoms with Crippen molar-refractivity contribution in [3.05, 3.63) is 63.2 Å². The van der Waals surface area contributed by atoms with E-state index in [0.29, 0.717) is 16.8 Å². The number of fused-ring (bicyclic) bond motifs is 1. The zero-order chi connectivity index (χ0) is 21.3. The minimum atomic E-state index is -2.46. The molecule has 0 aliphatic heterocycles. The highest BCUT2D eigenvalue weighted by Crippen LogP contribution is 2.39. The van der Waals surface area contributed by atoms with E-state index < -0.39 is 7.14 Å². The van der Waals surface area contributed by atoms with E-state index in [0.717, 1.165) is 34.0 Å². The molecule has 2 N–H and O–H groups in total. The van der Waals surface area contributed by atoms with E-state index in [4.69, 9.17) is 11.6 Å². The Morgan fingerprint density at radius 3 is 2.67 bits per heavy atom. The first-order chi connectivity index (χ1) is 14.3. The third kappa shape index (κ3) is 4.72. The maximum absolute atomic E-state index is 12.6. The number of aryl methyl sites for hydroxylation is 1. The number of hydrogen-bond donors (Lipinski definition) is 2. The summed E-state index contributed by atoms with van der Waals surface area (Å²) >= 11 is 10.0. The van der Waals surface area contributed by atoms with Crippen LogP contribution in [0, 0.1) is 0 Å². The van der Waals surface area contributed by atoms with Gasteiger partial charge in [-0.05, 0) is 74.4 Å². The minimum Gasteiger partial charge on any atom is -0.338 e. The molecule has 3 aromatic rings. The van der Waals surface area contributed by atoms with Gasteiger partial charge in [0.05, 0.1) is 11.9 Å². The summed E-state index contributed by atoms with van der Waals surface area (Å²) in [6, 6.07) is 11.7. The van der Waals surface area contributed by atoms with Gasteiger partial charge in [0, 0.05) is 15.5 Å². The molecule has 1 aliphatic carbocycles. The van der Waals surface area contributed by atoms with Crippen molar-refractivity contribution in [2.45, 2.75) is 25.7 Å². The van der Waals surface area contributed by atoms with Crippen LogP contribution in [0.4, 0.5) is 23.1 Å². The first-order valence-corrected chi connectivity index (χ1v) is 13.6. The zero-order valence-corrected chi connectivity index (χ0v) is 20.1. The topological polar surface area (TPSA) is 66.9 Å². The van der Waals surface area contributed by atoms with Crippen molar-refractivity contribution < 1.29 is 4.57 Å². The third-order valence-electron chi connectivity index (χ3n) is 5.15. The van der Waals surface area contributed by atoms with Gasteiger partial charge in [-0.1, -0.05) is 39.7 Å². The average Bonchev–Trinajstić information content (AvgIpc) is 2.70. The van der Waals surface area contributed by atoms with Gasteiger partial charge in [0.2, 0.25) is 5.95 Å². The van der Waals surface area contributed by atoms with E-state index >= 15 is 0 Å². The molecular formula is C22H23BrClN4OP. The molecule has 0 saturated heterocycles. The van der Waals surface area contributed by atoms with Gasteiger partial charge in [0.1, 0.15) is 12.2 Å². The summed E-state index contributed by atoms with van der Waals surface area (Å²) in [5.74, 6) is 0.908. The van der Waals surface area contributed by atoms with Crippen molar-refractivity contribution in [3.63, 3.8) is 0 Å². The van der Waals surface area contributed by atoms with Crippen LogP contribution in [-0.4, -0.2) is 23.3 Å². The van der Waals surface area contributed by atoms with Crippen LogP contribution >= 0.6 is 34.7 Å². The molecule has 0 bridgehead atoms. The lowest BCUT2D eigenvalue weighted by Crippen LogP contribution is -2.11. The minimum absolute atomic E-state index is 0.393. The molecule has 1 heterocycles. The van der Waals surface area contributed by atoms with Crippen molar-refractivity contribution in [2.75, 3.05) is 24.0 Å². The highest BCUT2D eigenvalue weighted by Gasteiger charge is 2.18. The Kier molecular flexibility index (Phi) is 6.19. The summed E-state index contributed by atoms with van der Waals surface area (Å²) in [7, 11) is -2.46. The van der Waals surface area contributed by atoms with Crippen LogP contribution in [0.1, 0.15) is 24.0 Å². The molecule has 1 aliphatic rings. The van der Waals surface area contributed by atoms with Crippen LogP contribution in [0.2, 0.25) is 5.02 Å². The van der Waals surface area contributed by atoms with Crippen molar-refractivity contribution in [2.24, 2.45) is 0 Å². The number of halogens is 2. The lowest BCUT2D eigenvalue weighted by Gasteiger charge is -2.19. The first-order valence-electron chi connectivity index (χ1n) is 9.84. The zero-order valence-electron chi connectivity index (χ0n) is 16.9. The second kappa shape index (κ2) is 8.70. The number of anilines is 4. The highest BCUT2D eigenvalue weighted by molar-refractivity contribution is 9.10. The molecule has 4 rings (SSSR count). The maximum Gasteiger partial charge on any atom is 0.229 e. The van der Waals surface area contributed by atoms with Crippen molar-refractivity contribution in [1.82, 2.24) is 9.97 Å². The van der Waals surface area contributed by atoms with Gasteiger partial charge in [-0.2, -0.15) is 4.98 Å². The van der Waals surface area contributed by atoms with Crippen LogP contribution in [-0.2, 0) is 17.4 Å². The number of hydrogen-bond acceptors (Lipinski definition) is 5. The fourth-order valence-corrected chi connectivity index (χ4v) is 5.70. The molecule has 8 heteroatoms. The predicted octanol–water partition coefficient (Wildman–Crippen LogP) is 6.51. The Morgan fingerprint density at radius 2 is 1.87 bits per heavy atom. The molecule has 1 aromatic heterocycles. The summed E-state index contributed by atoms with van der Waals surface area (Å²) in [6.07, 6.45) is 6.21. The third-order valence-corrected chi connectivity index (χ3v) is 7.68. The number of aromatic nitrogens is 2. The number of benzene rings is 2. The monoisotopic (exact) mass is 504 g/mol. The van der Waals surface area contributed by atoms with Gasteiger partial charge in [0.15, 0.2) is 5.82 Å². The summed E-state index contributed by atoms with van der Waals surface area (Å²) in [6.45, 7) is 3.49. The molecular weight excluding hydrogens is 483 g/mol. The predicted molar refractivity (Wildman–Crippen MR) is 130 cm³/mol. The summed E-state index contributed by atoms with van der Waals surface area (Å²) < 4.78 is 13.8. The molecule has 5 nitrogen and oxygen atoms in total. The summed E-state index contributed by atoms with van der Waals surface area (Å²) in [5, 5.41) is 7.67. The molecule has 0 spiro atoms. The van der Waals surface area contributed by atoms with Gasteiger partial charge < -0.3 is 15.2 Å². The maximum atomic E-state index is 12.6. The van der Waals surface area contributed by atoms with Crippen LogP contribution < -0.4 is 15.9 Å².